The Hall–Kier alpha value is -0.940. The molecule has 96 valence electrons. The Labute approximate surface area is 115 Å². The molecule has 0 saturated heterocycles. The topological polar surface area (TPSA) is 23.8 Å². The molecule has 1 aliphatic rings. The Bertz CT molecular complexity index is 409. The minimum absolute atomic E-state index is 0.0253. The van der Waals surface area contributed by atoms with Gasteiger partial charge in [0.05, 0.1) is 11.5 Å². The highest BCUT2D eigenvalue weighted by Crippen LogP contribution is 2.45. The second-order valence-electron chi connectivity index (χ2n) is 5.32. The van der Waals surface area contributed by atoms with Crippen molar-refractivity contribution in [2.75, 3.05) is 5.75 Å². The van der Waals surface area contributed by atoms with E-state index < -0.39 is 0 Å². The van der Waals surface area contributed by atoms with Gasteiger partial charge in [0.2, 0.25) is 0 Å². The van der Waals surface area contributed by atoms with Crippen molar-refractivity contribution in [2.45, 2.75) is 43.9 Å². The first kappa shape index (κ1) is 13.5. The van der Waals surface area contributed by atoms with Gasteiger partial charge in [0.15, 0.2) is 0 Å². The summed E-state index contributed by atoms with van der Waals surface area (Å²) < 4.78 is 0. The minimum Gasteiger partial charge on any atom is -0.198 e. The van der Waals surface area contributed by atoms with Crippen LogP contribution in [-0.2, 0) is 0 Å². The summed E-state index contributed by atoms with van der Waals surface area (Å²) in [7, 11) is 0. The van der Waals surface area contributed by atoms with E-state index in [-0.39, 0.29) is 5.41 Å². The summed E-state index contributed by atoms with van der Waals surface area (Å²) in [6.45, 7) is 2.25. The Balaban J connectivity index is 1.84. The highest BCUT2D eigenvalue weighted by atomic mass is 32.2. The van der Waals surface area contributed by atoms with Gasteiger partial charge in [-0.25, -0.2) is 0 Å². The number of benzene rings is 1. The summed E-state index contributed by atoms with van der Waals surface area (Å²) in [6.07, 6.45) is 5.75. The van der Waals surface area contributed by atoms with Crippen LogP contribution in [0.25, 0.3) is 0 Å². The molecule has 0 aromatic heterocycles. The second kappa shape index (κ2) is 6.29. The lowest BCUT2D eigenvalue weighted by Crippen LogP contribution is -2.15. The van der Waals surface area contributed by atoms with E-state index in [1.807, 2.05) is 17.8 Å². The maximum atomic E-state index is 9.47. The number of nitriles is 1. The summed E-state index contributed by atoms with van der Waals surface area (Å²) in [4.78, 5) is 1.32. The number of thioether (sulfide) groups is 1. The predicted octanol–water partition coefficient (Wildman–Crippen LogP) is 4.89. The molecule has 1 aliphatic carbocycles. The molecule has 0 spiro atoms. The first-order valence-electron chi connectivity index (χ1n) is 6.87. The van der Waals surface area contributed by atoms with Crippen LogP contribution in [0, 0.1) is 22.7 Å². The first-order chi connectivity index (χ1) is 8.78. The molecule has 2 heteroatoms. The van der Waals surface area contributed by atoms with E-state index >= 15 is 0 Å². The van der Waals surface area contributed by atoms with Crippen molar-refractivity contribution in [1.82, 2.24) is 0 Å². The summed E-state index contributed by atoms with van der Waals surface area (Å²) in [5, 5.41) is 9.47. The highest BCUT2D eigenvalue weighted by molar-refractivity contribution is 7.99. The first-order valence-corrected chi connectivity index (χ1v) is 7.86. The van der Waals surface area contributed by atoms with Crippen LogP contribution in [0.3, 0.4) is 0 Å². The number of rotatable bonds is 5. The third kappa shape index (κ3) is 3.29. The van der Waals surface area contributed by atoms with Gasteiger partial charge in [0, 0.05) is 4.90 Å². The normalized spacial score (nSPS) is 27.0. The zero-order chi connectivity index (χ0) is 12.8. The van der Waals surface area contributed by atoms with E-state index in [2.05, 4.69) is 37.3 Å². The van der Waals surface area contributed by atoms with Crippen LogP contribution in [0.1, 0.15) is 39.0 Å². The van der Waals surface area contributed by atoms with Gasteiger partial charge in [-0.3, -0.25) is 0 Å². The largest absolute Gasteiger partial charge is 0.198 e. The van der Waals surface area contributed by atoms with Crippen LogP contribution in [0.15, 0.2) is 35.2 Å². The third-order valence-corrected chi connectivity index (χ3v) is 5.13. The van der Waals surface area contributed by atoms with Crippen molar-refractivity contribution in [1.29, 1.82) is 5.26 Å². The van der Waals surface area contributed by atoms with Gasteiger partial charge in [0.25, 0.3) is 0 Å². The molecule has 1 saturated carbocycles. The van der Waals surface area contributed by atoms with E-state index in [0.29, 0.717) is 0 Å². The van der Waals surface area contributed by atoms with Gasteiger partial charge in [0.1, 0.15) is 0 Å². The molecule has 1 aromatic rings. The maximum absolute atomic E-state index is 9.47. The van der Waals surface area contributed by atoms with Gasteiger partial charge in [-0.2, -0.15) is 5.26 Å². The molecule has 2 atom stereocenters. The van der Waals surface area contributed by atoms with Crippen LogP contribution in [0.5, 0.6) is 0 Å². The monoisotopic (exact) mass is 259 g/mol. The quantitative estimate of drug-likeness (QED) is 0.703. The molecule has 0 radical (unpaired) electrons. The van der Waals surface area contributed by atoms with Crippen molar-refractivity contribution in [3.63, 3.8) is 0 Å². The van der Waals surface area contributed by atoms with E-state index in [1.165, 1.54) is 17.7 Å². The van der Waals surface area contributed by atoms with Crippen LogP contribution < -0.4 is 0 Å². The zero-order valence-corrected chi connectivity index (χ0v) is 11.9. The van der Waals surface area contributed by atoms with E-state index in [1.54, 1.807) is 0 Å². The Morgan fingerprint density at radius 1 is 1.39 bits per heavy atom. The summed E-state index contributed by atoms with van der Waals surface area (Å²) in [6, 6.07) is 13.1. The number of nitrogens with zero attached hydrogens (tertiary/aromatic N) is 1. The van der Waals surface area contributed by atoms with Gasteiger partial charge in [-0.15, -0.1) is 11.8 Å². The Morgan fingerprint density at radius 3 is 2.78 bits per heavy atom. The fourth-order valence-electron chi connectivity index (χ4n) is 2.85. The van der Waals surface area contributed by atoms with Crippen LogP contribution in [0.4, 0.5) is 0 Å². The summed E-state index contributed by atoms with van der Waals surface area (Å²) in [5.41, 5.74) is -0.0253. The SMILES string of the molecule is CCC1CCC(C#N)(CCSc2ccccc2)C1. The third-order valence-electron chi connectivity index (χ3n) is 4.12. The fraction of sp³-hybridized carbons (Fsp3) is 0.562. The van der Waals surface area contributed by atoms with E-state index in [0.717, 1.165) is 30.9 Å². The fourth-order valence-corrected chi connectivity index (χ4v) is 3.93. The molecular formula is C16H21NS. The summed E-state index contributed by atoms with van der Waals surface area (Å²) in [5.74, 6) is 1.85. The highest BCUT2D eigenvalue weighted by Gasteiger charge is 2.38. The van der Waals surface area contributed by atoms with Crippen LogP contribution >= 0.6 is 11.8 Å². The molecule has 2 rings (SSSR count). The van der Waals surface area contributed by atoms with E-state index in [9.17, 15) is 5.26 Å². The number of hydrogen-bond acceptors (Lipinski definition) is 2. The Kier molecular flexibility index (Phi) is 4.72. The Morgan fingerprint density at radius 2 is 2.17 bits per heavy atom. The van der Waals surface area contributed by atoms with Crippen LogP contribution in [0.2, 0.25) is 0 Å². The molecule has 18 heavy (non-hydrogen) atoms. The molecule has 1 fully saturated rings. The second-order valence-corrected chi connectivity index (χ2v) is 6.49. The van der Waals surface area contributed by atoms with Crippen molar-refractivity contribution in [3.8, 4) is 6.07 Å². The van der Waals surface area contributed by atoms with Crippen molar-refractivity contribution in [3.05, 3.63) is 30.3 Å². The summed E-state index contributed by atoms with van der Waals surface area (Å²) >= 11 is 1.88. The van der Waals surface area contributed by atoms with Crippen molar-refractivity contribution < 1.29 is 0 Å². The minimum atomic E-state index is -0.0253. The predicted molar refractivity (Wildman–Crippen MR) is 77.5 cm³/mol. The average molecular weight is 259 g/mol. The lowest BCUT2D eigenvalue weighted by molar-refractivity contribution is 0.373. The van der Waals surface area contributed by atoms with Gasteiger partial charge < -0.3 is 0 Å². The van der Waals surface area contributed by atoms with Gasteiger partial charge in [-0.1, -0.05) is 31.5 Å². The molecular weight excluding hydrogens is 238 g/mol. The maximum Gasteiger partial charge on any atom is 0.0690 e. The van der Waals surface area contributed by atoms with E-state index in [4.69, 9.17) is 0 Å². The molecule has 0 amide bonds. The lowest BCUT2D eigenvalue weighted by atomic mass is 9.84. The molecule has 0 bridgehead atoms. The standard InChI is InChI=1S/C16H21NS/c1-2-14-8-9-16(12-14,13-17)10-11-18-15-6-4-3-5-7-15/h3-7,14H,2,8-12H2,1H3. The molecule has 1 nitrogen and oxygen atoms in total. The molecule has 1 aromatic carbocycles. The smallest absolute Gasteiger partial charge is 0.0690 e. The molecule has 2 unspecified atom stereocenters. The molecule has 0 aliphatic heterocycles. The van der Waals surface area contributed by atoms with Gasteiger partial charge >= 0.3 is 0 Å². The van der Waals surface area contributed by atoms with Crippen molar-refractivity contribution in [2.24, 2.45) is 11.3 Å². The lowest BCUT2D eigenvalue weighted by Gasteiger charge is -2.20. The molecule has 0 heterocycles. The molecule has 0 N–H and O–H groups in total. The number of hydrogen-bond donors (Lipinski definition) is 0. The average Bonchev–Trinajstić information content (AvgIpc) is 2.84. The van der Waals surface area contributed by atoms with Crippen molar-refractivity contribution >= 4 is 11.8 Å². The zero-order valence-electron chi connectivity index (χ0n) is 11.1. The van der Waals surface area contributed by atoms with Gasteiger partial charge in [-0.05, 0) is 49.5 Å². The van der Waals surface area contributed by atoms with Crippen LogP contribution in [-0.4, -0.2) is 5.75 Å².